The van der Waals surface area contributed by atoms with E-state index in [4.69, 9.17) is 11.6 Å². The molecule has 0 bridgehead atoms. The second-order valence-electron chi connectivity index (χ2n) is 4.80. The molecule has 5 heteroatoms. The zero-order valence-corrected chi connectivity index (χ0v) is 12.4. The Labute approximate surface area is 122 Å². The first-order valence-corrected chi connectivity index (χ1v) is 8.10. The van der Waals surface area contributed by atoms with Crippen LogP contribution in [0.1, 0.15) is 36.0 Å². The van der Waals surface area contributed by atoms with Gasteiger partial charge in [-0.3, -0.25) is 0 Å². The minimum atomic E-state index is -0.921. The fraction of sp³-hybridized carbons (Fsp3) is 0.500. The zero-order chi connectivity index (χ0) is 13.8. The number of carboxylic acid groups (broad SMARTS) is 1. The van der Waals surface area contributed by atoms with Gasteiger partial charge in [0.15, 0.2) is 0 Å². The van der Waals surface area contributed by atoms with Crippen molar-refractivity contribution in [3.05, 3.63) is 28.8 Å². The van der Waals surface area contributed by atoms with E-state index in [1.165, 1.54) is 19.3 Å². The Morgan fingerprint density at radius 1 is 1.42 bits per heavy atom. The molecule has 1 fully saturated rings. The molecular formula is C14H18ClNO2S. The number of rotatable bonds is 4. The molecule has 1 aromatic carbocycles. The molecule has 1 aliphatic rings. The third-order valence-corrected chi connectivity index (χ3v) is 4.96. The number of thioether (sulfide) groups is 1. The summed E-state index contributed by atoms with van der Waals surface area (Å²) in [6.45, 7) is 0. The summed E-state index contributed by atoms with van der Waals surface area (Å²) >= 11 is 7.82. The Bertz CT molecular complexity index is 467. The van der Waals surface area contributed by atoms with Crippen molar-refractivity contribution in [1.29, 1.82) is 0 Å². The van der Waals surface area contributed by atoms with Crippen LogP contribution in [-0.2, 0) is 0 Å². The molecule has 2 N–H and O–H groups in total. The molecule has 2 unspecified atom stereocenters. The first-order chi connectivity index (χ1) is 9.11. The summed E-state index contributed by atoms with van der Waals surface area (Å²) in [6.07, 6.45) is 6.82. The predicted octanol–water partition coefficient (Wildman–Crippen LogP) is 4.12. The maximum atomic E-state index is 11.2. The molecule has 0 saturated heterocycles. The van der Waals surface area contributed by atoms with Gasteiger partial charge >= 0.3 is 5.97 Å². The summed E-state index contributed by atoms with van der Waals surface area (Å²) in [7, 11) is 0. The van der Waals surface area contributed by atoms with Gasteiger partial charge in [0.2, 0.25) is 0 Å². The van der Waals surface area contributed by atoms with Crippen LogP contribution >= 0.6 is 23.4 Å². The fourth-order valence-corrected chi connectivity index (χ4v) is 3.67. The van der Waals surface area contributed by atoms with Crippen molar-refractivity contribution in [2.75, 3.05) is 11.6 Å². The number of halogens is 1. The minimum Gasteiger partial charge on any atom is -0.478 e. The minimum absolute atomic E-state index is 0.287. The van der Waals surface area contributed by atoms with Crippen LogP contribution in [0.4, 0.5) is 5.69 Å². The summed E-state index contributed by atoms with van der Waals surface area (Å²) in [5.41, 5.74) is 0.917. The van der Waals surface area contributed by atoms with Crippen LogP contribution in [0.25, 0.3) is 0 Å². The zero-order valence-electron chi connectivity index (χ0n) is 10.9. The molecule has 1 saturated carbocycles. The number of aromatic carboxylic acids is 1. The second kappa shape index (κ2) is 6.53. The summed E-state index contributed by atoms with van der Waals surface area (Å²) < 4.78 is 0. The van der Waals surface area contributed by atoms with E-state index in [-0.39, 0.29) is 5.56 Å². The van der Waals surface area contributed by atoms with Gasteiger partial charge in [-0.25, -0.2) is 4.79 Å². The van der Waals surface area contributed by atoms with Gasteiger partial charge in [-0.1, -0.05) is 24.4 Å². The van der Waals surface area contributed by atoms with Crippen molar-refractivity contribution in [2.24, 2.45) is 0 Å². The summed E-state index contributed by atoms with van der Waals surface area (Å²) in [6, 6.07) is 5.20. The molecule has 0 spiro atoms. The Morgan fingerprint density at radius 2 is 2.16 bits per heavy atom. The summed E-state index contributed by atoms with van der Waals surface area (Å²) in [4.78, 5) is 11.2. The number of hydrogen-bond donors (Lipinski definition) is 2. The van der Waals surface area contributed by atoms with E-state index < -0.39 is 5.97 Å². The smallest absolute Gasteiger partial charge is 0.337 e. The number of anilines is 1. The van der Waals surface area contributed by atoms with Crippen molar-refractivity contribution < 1.29 is 9.90 Å². The van der Waals surface area contributed by atoms with Gasteiger partial charge in [0.1, 0.15) is 0 Å². The number of nitrogens with one attached hydrogen (secondary N) is 1. The number of carbonyl (C=O) groups is 1. The highest BCUT2D eigenvalue weighted by Crippen LogP contribution is 2.31. The molecule has 19 heavy (non-hydrogen) atoms. The maximum Gasteiger partial charge on any atom is 0.337 e. The van der Waals surface area contributed by atoms with Crippen LogP contribution in [0.2, 0.25) is 5.02 Å². The van der Waals surface area contributed by atoms with E-state index in [0.29, 0.717) is 22.0 Å². The molecule has 0 radical (unpaired) electrons. The molecule has 0 aliphatic heterocycles. The molecule has 2 atom stereocenters. The van der Waals surface area contributed by atoms with Gasteiger partial charge in [-0.15, -0.1) is 0 Å². The number of hydrogen-bond acceptors (Lipinski definition) is 3. The average molecular weight is 300 g/mol. The van der Waals surface area contributed by atoms with Crippen molar-refractivity contribution in [3.8, 4) is 0 Å². The third kappa shape index (κ3) is 3.57. The van der Waals surface area contributed by atoms with Crippen LogP contribution < -0.4 is 5.32 Å². The third-order valence-electron chi connectivity index (χ3n) is 3.56. The first-order valence-electron chi connectivity index (χ1n) is 6.44. The average Bonchev–Trinajstić information content (AvgIpc) is 2.39. The topological polar surface area (TPSA) is 49.3 Å². The van der Waals surface area contributed by atoms with Crippen LogP contribution in [0.15, 0.2) is 18.2 Å². The quantitative estimate of drug-likeness (QED) is 0.878. The van der Waals surface area contributed by atoms with Gasteiger partial charge in [0.25, 0.3) is 0 Å². The van der Waals surface area contributed by atoms with Crippen molar-refractivity contribution in [3.63, 3.8) is 0 Å². The lowest BCUT2D eigenvalue weighted by Crippen LogP contribution is -2.34. The molecule has 1 aliphatic carbocycles. The second-order valence-corrected chi connectivity index (χ2v) is 6.32. The molecule has 2 rings (SSSR count). The number of benzene rings is 1. The van der Waals surface area contributed by atoms with Gasteiger partial charge in [-0.2, -0.15) is 11.8 Å². The maximum absolute atomic E-state index is 11.2. The molecule has 0 heterocycles. The van der Waals surface area contributed by atoms with E-state index >= 15 is 0 Å². The molecule has 0 amide bonds. The van der Waals surface area contributed by atoms with E-state index in [9.17, 15) is 9.90 Å². The highest BCUT2D eigenvalue weighted by Gasteiger charge is 2.25. The monoisotopic (exact) mass is 299 g/mol. The van der Waals surface area contributed by atoms with Crippen LogP contribution in [-0.4, -0.2) is 28.6 Å². The SMILES string of the molecule is CSC1CCCCC1Nc1cc(Cl)ccc1C(=O)O. The van der Waals surface area contributed by atoms with Gasteiger partial charge in [0.05, 0.1) is 11.3 Å². The van der Waals surface area contributed by atoms with E-state index in [2.05, 4.69) is 11.6 Å². The standard InChI is InChI=1S/C14H18ClNO2S/c1-19-13-5-3-2-4-11(13)16-12-8-9(15)6-7-10(12)14(17)18/h6-8,11,13,16H,2-5H2,1H3,(H,17,18). The lowest BCUT2D eigenvalue weighted by Gasteiger charge is -2.32. The largest absolute Gasteiger partial charge is 0.478 e. The van der Waals surface area contributed by atoms with Crippen LogP contribution in [0, 0.1) is 0 Å². The lowest BCUT2D eigenvalue weighted by molar-refractivity contribution is 0.0698. The van der Waals surface area contributed by atoms with E-state index in [0.717, 1.165) is 6.42 Å². The molecule has 0 aromatic heterocycles. The summed E-state index contributed by atoms with van der Waals surface area (Å²) in [5, 5.41) is 13.7. The molecule has 3 nitrogen and oxygen atoms in total. The van der Waals surface area contributed by atoms with E-state index in [1.807, 2.05) is 11.8 Å². The highest BCUT2D eigenvalue weighted by molar-refractivity contribution is 7.99. The predicted molar refractivity (Wildman–Crippen MR) is 81.6 cm³/mol. The Morgan fingerprint density at radius 3 is 2.84 bits per heavy atom. The fourth-order valence-electron chi connectivity index (χ4n) is 2.57. The first kappa shape index (κ1) is 14.5. The Balaban J connectivity index is 2.21. The molecule has 1 aromatic rings. The van der Waals surface area contributed by atoms with Gasteiger partial charge in [0, 0.05) is 16.3 Å². The summed E-state index contributed by atoms with van der Waals surface area (Å²) in [5.74, 6) is -0.921. The normalized spacial score (nSPS) is 23.1. The van der Waals surface area contributed by atoms with E-state index in [1.54, 1.807) is 18.2 Å². The van der Waals surface area contributed by atoms with Crippen molar-refractivity contribution >= 4 is 35.0 Å². The lowest BCUT2D eigenvalue weighted by atomic mass is 9.94. The van der Waals surface area contributed by atoms with Crippen molar-refractivity contribution in [1.82, 2.24) is 0 Å². The molecule has 104 valence electrons. The number of carboxylic acids is 1. The highest BCUT2D eigenvalue weighted by atomic mass is 35.5. The van der Waals surface area contributed by atoms with Crippen LogP contribution in [0.5, 0.6) is 0 Å². The molecular weight excluding hydrogens is 282 g/mol. The van der Waals surface area contributed by atoms with Crippen LogP contribution in [0.3, 0.4) is 0 Å². The Kier molecular flexibility index (Phi) is 4.99. The van der Waals surface area contributed by atoms with Gasteiger partial charge in [-0.05, 0) is 37.3 Å². The van der Waals surface area contributed by atoms with Crippen molar-refractivity contribution in [2.45, 2.75) is 37.0 Å². The Hall–Kier alpha value is -0.870. The van der Waals surface area contributed by atoms with Gasteiger partial charge < -0.3 is 10.4 Å².